The molecule has 1 fully saturated rings. The minimum Gasteiger partial charge on any atom is -0.457 e. The van der Waals surface area contributed by atoms with Crippen LogP contribution in [-0.4, -0.2) is 36.2 Å². The molecule has 0 aromatic heterocycles. The highest BCUT2D eigenvalue weighted by molar-refractivity contribution is 8.14. The summed E-state index contributed by atoms with van der Waals surface area (Å²) in [4.78, 5) is 12.3. The third kappa shape index (κ3) is 4.72. The molecule has 0 radical (unpaired) electrons. The molecule has 1 heterocycles. The van der Waals surface area contributed by atoms with E-state index < -0.39 is 16.1 Å². The molecule has 2 aromatic rings. The number of ether oxygens (including phenoxy) is 1. The summed E-state index contributed by atoms with van der Waals surface area (Å²) >= 11 is 1.21. The van der Waals surface area contributed by atoms with E-state index in [0.717, 1.165) is 0 Å². The maximum atomic E-state index is 13.2. The molecule has 0 spiro atoms. The first-order valence-electron chi connectivity index (χ1n) is 8.89. The molecule has 0 amide bonds. The predicted octanol–water partition coefficient (Wildman–Crippen LogP) is 4.16. The second-order valence-corrected chi connectivity index (χ2v) is 9.82. The number of hydrogen-bond donors (Lipinski definition) is 0. The van der Waals surface area contributed by atoms with Gasteiger partial charge >= 0.3 is 0 Å². The van der Waals surface area contributed by atoms with Crippen LogP contribution < -0.4 is 4.74 Å². The molecule has 1 atom stereocenters. The van der Waals surface area contributed by atoms with Crippen LogP contribution in [0.15, 0.2) is 59.5 Å². The molecule has 0 saturated carbocycles. The molecule has 3 rings (SSSR count). The first-order valence-corrected chi connectivity index (χ1v) is 11.3. The Morgan fingerprint density at radius 3 is 2.26 bits per heavy atom. The van der Waals surface area contributed by atoms with Gasteiger partial charge in [0.05, 0.1) is 10.9 Å². The number of thioether (sulfide) groups is 1. The van der Waals surface area contributed by atoms with E-state index in [1.807, 2.05) is 44.2 Å². The zero-order chi connectivity index (χ0) is 19.4. The number of carbonyl (C=O) groups excluding carboxylic acids is 1. The van der Waals surface area contributed by atoms with Crippen molar-refractivity contribution in [3.8, 4) is 11.5 Å². The molecule has 5 nitrogen and oxygen atoms in total. The van der Waals surface area contributed by atoms with Crippen LogP contribution in [-0.2, 0) is 14.8 Å². The maximum absolute atomic E-state index is 13.2. The van der Waals surface area contributed by atoms with Crippen molar-refractivity contribution < 1.29 is 17.9 Å². The minimum atomic E-state index is -3.76. The van der Waals surface area contributed by atoms with Gasteiger partial charge in [-0.2, -0.15) is 4.31 Å². The van der Waals surface area contributed by atoms with Crippen LogP contribution in [0.5, 0.6) is 11.5 Å². The van der Waals surface area contributed by atoms with Crippen LogP contribution in [0.3, 0.4) is 0 Å². The van der Waals surface area contributed by atoms with Crippen molar-refractivity contribution in [2.75, 3.05) is 12.3 Å². The molecular weight excluding hydrogens is 382 g/mol. The fraction of sp³-hybridized carbons (Fsp3) is 0.350. The van der Waals surface area contributed by atoms with Crippen LogP contribution in [0.25, 0.3) is 0 Å². The van der Waals surface area contributed by atoms with Crippen molar-refractivity contribution in [2.45, 2.75) is 31.2 Å². The van der Waals surface area contributed by atoms with Gasteiger partial charge in [0.15, 0.2) is 0 Å². The van der Waals surface area contributed by atoms with Crippen LogP contribution in [0.1, 0.15) is 20.3 Å². The van der Waals surface area contributed by atoms with Gasteiger partial charge in [-0.1, -0.05) is 43.8 Å². The van der Waals surface area contributed by atoms with Crippen LogP contribution in [0.4, 0.5) is 0 Å². The van der Waals surface area contributed by atoms with E-state index in [0.29, 0.717) is 30.2 Å². The van der Waals surface area contributed by atoms with E-state index in [2.05, 4.69) is 0 Å². The van der Waals surface area contributed by atoms with Crippen molar-refractivity contribution >= 4 is 26.9 Å². The summed E-state index contributed by atoms with van der Waals surface area (Å²) in [6.45, 7) is 4.22. The highest BCUT2D eigenvalue weighted by atomic mass is 32.2. The summed E-state index contributed by atoms with van der Waals surface area (Å²) in [6, 6.07) is 15.1. The quantitative estimate of drug-likeness (QED) is 0.692. The zero-order valence-corrected chi connectivity index (χ0v) is 17.0. The number of hydrogen-bond acceptors (Lipinski definition) is 5. The molecule has 1 unspecified atom stereocenters. The molecule has 1 aliphatic heterocycles. The van der Waals surface area contributed by atoms with Gasteiger partial charge in [-0.15, -0.1) is 0 Å². The van der Waals surface area contributed by atoms with Crippen molar-refractivity contribution in [1.82, 2.24) is 4.31 Å². The van der Waals surface area contributed by atoms with Gasteiger partial charge in [0.2, 0.25) is 15.1 Å². The summed E-state index contributed by atoms with van der Waals surface area (Å²) < 4.78 is 33.5. The fourth-order valence-corrected chi connectivity index (χ4v) is 5.77. The van der Waals surface area contributed by atoms with Crippen molar-refractivity contribution in [3.05, 3.63) is 54.6 Å². The second-order valence-electron chi connectivity index (χ2n) is 6.83. The molecule has 1 saturated heterocycles. The van der Waals surface area contributed by atoms with E-state index >= 15 is 0 Å². The lowest BCUT2D eigenvalue weighted by Gasteiger charge is -2.28. The standard InChI is InChI=1S/C20H23NO4S2/c1-15(2)14-21(19-12-13-26-20(19)22)27(23,24)18-10-8-17(9-11-18)25-16-6-4-3-5-7-16/h3-11,15,19H,12-14H2,1-2H3. The normalized spacial score (nSPS) is 17.6. The number of benzene rings is 2. The molecule has 7 heteroatoms. The lowest BCUT2D eigenvalue weighted by molar-refractivity contribution is -0.113. The van der Waals surface area contributed by atoms with E-state index in [9.17, 15) is 13.2 Å². The summed E-state index contributed by atoms with van der Waals surface area (Å²) in [5.41, 5.74) is 0. The van der Waals surface area contributed by atoms with Gasteiger partial charge < -0.3 is 4.74 Å². The molecule has 0 aliphatic carbocycles. The Kier molecular flexibility index (Phi) is 6.24. The highest BCUT2D eigenvalue weighted by Crippen LogP contribution is 2.31. The summed E-state index contributed by atoms with van der Waals surface area (Å²) in [6.07, 6.45) is 0.560. The molecule has 0 N–H and O–H groups in total. The lowest BCUT2D eigenvalue weighted by Crippen LogP contribution is -2.44. The SMILES string of the molecule is CC(C)CN(C1CCSC1=O)S(=O)(=O)c1ccc(Oc2ccccc2)cc1. The molecule has 27 heavy (non-hydrogen) atoms. The van der Waals surface area contributed by atoms with Crippen molar-refractivity contribution in [2.24, 2.45) is 5.92 Å². The lowest BCUT2D eigenvalue weighted by atomic mass is 10.2. The molecule has 144 valence electrons. The Morgan fingerprint density at radius 1 is 1.07 bits per heavy atom. The van der Waals surface area contributed by atoms with E-state index in [1.54, 1.807) is 12.1 Å². The van der Waals surface area contributed by atoms with Gasteiger partial charge in [-0.05, 0) is 48.7 Å². The average molecular weight is 406 g/mol. The van der Waals surface area contributed by atoms with Gasteiger partial charge in [-0.3, -0.25) is 4.79 Å². The highest BCUT2D eigenvalue weighted by Gasteiger charge is 2.39. The maximum Gasteiger partial charge on any atom is 0.243 e. The molecule has 0 bridgehead atoms. The number of carbonyl (C=O) groups is 1. The Morgan fingerprint density at radius 2 is 1.70 bits per heavy atom. The number of nitrogens with zero attached hydrogens (tertiary/aromatic N) is 1. The number of sulfonamides is 1. The van der Waals surface area contributed by atoms with Crippen LogP contribution >= 0.6 is 11.8 Å². The van der Waals surface area contributed by atoms with Gasteiger partial charge in [0, 0.05) is 12.3 Å². The Labute approximate surface area is 164 Å². The summed E-state index contributed by atoms with van der Waals surface area (Å²) in [5.74, 6) is 2.03. The minimum absolute atomic E-state index is 0.0664. The molecule has 1 aliphatic rings. The fourth-order valence-electron chi connectivity index (χ4n) is 2.94. The monoisotopic (exact) mass is 405 g/mol. The van der Waals surface area contributed by atoms with Gasteiger partial charge in [-0.25, -0.2) is 8.42 Å². The first-order chi connectivity index (χ1) is 12.9. The molecule has 2 aromatic carbocycles. The summed E-state index contributed by atoms with van der Waals surface area (Å²) in [5, 5.41) is -0.0664. The summed E-state index contributed by atoms with van der Waals surface area (Å²) in [7, 11) is -3.76. The number of para-hydroxylation sites is 1. The smallest absolute Gasteiger partial charge is 0.243 e. The topological polar surface area (TPSA) is 63.7 Å². The predicted molar refractivity (Wildman–Crippen MR) is 108 cm³/mol. The van der Waals surface area contributed by atoms with Crippen LogP contribution in [0, 0.1) is 5.92 Å². The third-order valence-corrected chi connectivity index (χ3v) is 7.09. The molecular formula is C20H23NO4S2. The van der Waals surface area contributed by atoms with Crippen molar-refractivity contribution in [3.63, 3.8) is 0 Å². The Hall–Kier alpha value is -1.83. The van der Waals surface area contributed by atoms with E-state index in [-0.39, 0.29) is 15.9 Å². The van der Waals surface area contributed by atoms with Crippen LogP contribution in [0.2, 0.25) is 0 Å². The Bertz CT molecular complexity index is 880. The zero-order valence-electron chi connectivity index (χ0n) is 15.4. The average Bonchev–Trinajstić information content (AvgIpc) is 3.06. The number of rotatable bonds is 7. The second kappa shape index (κ2) is 8.46. The first kappa shape index (κ1) is 19.9. The largest absolute Gasteiger partial charge is 0.457 e. The van der Waals surface area contributed by atoms with Gasteiger partial charge in [0.1, 0.15) is 11.5 Å². The third-order valence-electron chi connectivity index (χ3n) is 4.21. The van der Waals surface area contributed by atoms with E-state index in [1.165, 1.54) is 28.2 Å². The Balaban J connectivity index is 1.84. The van der Waals surface area contributed by atoms with Crippen molar-refractivity contribution in [1.29, 1.82) is 0 Å². The van der Waals surface area contributed by atoms with E-state index in [4.69, 9.17) is 4.74 Å². The van der Waals surface area contributed by atoms with Gasteiger partial charge in [0.25, 0.3) is 0 Å².